The normalized spacial score (nSPS) is 19.2. The number of hydrogen-bond acceptors (Lipinski definition) is 4. The maximum Gasteiger partial charge on any atom is 0.261 e. The molecule has 4 aromatic rings. The van der Waals surface area contributed by atoms with Gasteiger partial charge in [-0.2, -0.15) is 0 Å². The molecule has 31 heavy (non-hydrogen) atoms. The SMILES string of the molecule is CO[C@H]1CCCC[C@@H]1n1cnc2c(cc(Cc3ccc(Cl)nc3)c3ccccc32)c1=O. The van der Waals surface area contributed by atoms with E-state index in [1.807, 2.05) is 30.3 Å². The summed E-state index contributed by atoms with van der Waals surface area (Å²) in [7, 11) is 1.73. The number of halogens is 1. The van der Waals surface area contributed by atoms with E-state index in [2.05, 4.69) is 11.1 Å². The van der Waals surface area contributed by atoms with Crippen molar-refractivity contribution < 1.29 is 4.74 Å². The predicted molar refractivity (Wildman–Crippen MR) is 124 cm³/mol. The second kappa shape index (κ2) is 8.40. The van der Waals surface area contributed by atoms with Crippen LogP contribution in [0.1, 0.15) is 42.9 Å². The number of methoxy groups -OCH3 is 1. The fraction of sp³-hybridized carbons (Fsp3) is 0.320. The number of fused-ring (bicyclic) bond motifs is 3. The number of benzene rings is 2. The Hall–Kier alpha value is -2.76. The maximum atomic E-state index is 13.6. The van der Waals surface area contributed by atoms with Crippen molar-refractivity contribution in [2.24, 2.45) is 0 Å². The van der Waals surface area contributed by atoms with Crippen LogP contribution in [-0.4, -0.2) is 27.7 Å². The third-order valence-corrected chi connectivity index (χ3v) is 6.61. The monoisotopic (exact) mass is 433 g/mol. The quantitative estimate of drug-likeness (QED) is 0.323. The largest absolute Gasteiger partial charge is 0.379 e. The van der Waals surface area contributed by atoms with Crippen LogP contribution in [0.25, 0.3) is 21.7 Å². The molecule has 2 atom stereocenters. The van der Waals surface area contributed by atoms with Crippen molar-refractivity contribution in [3.05, 3.63) is 81.6 Å². The fourth-order valence-electron chi connectivity index (χ4n) is 4.83. The Morgan fingerprint density at radius 3 is 2.65 bits per heavy atom. The highest BCUT2D eigenvalue weighted by molar-refractivity contribution is 6.29. The van der Waals surface area contributed by atoms with E-state index in [-0.39, 0.29) is 17.7 Å². The summed E-state index contributed by atoms with van der Waals surface area (Å²) in [5.74, 6) is 0. The highest BCUT2D eigenvalue weighted by Crippen LogP contribution is 2.31. The number of pyridine rings is 1. The maximum absolute atomic E-state index is 13.6. The van der Waals surface area contributed by atoms with Gasteiger partial charge in [-0.1, -0.05) is 54.8 Å². The molecule has 0 unspecified atom stereocenters. The van der Waals surface area contributed by atoms with Gasteiger partial charge in [0.25, 0.3) is 5.56 Å². The molecule has 1 aliphatic carbocycles. The minimum absolute atomic E-state index is 0.000171. The van der Waals surface area contributed by atoms with Crippen molar-refractivity contribution in [1.29, 1.82) is 0 Å². The Morgan fingerprint density at radius 2 is 1.87 bits per heavy atom. The van der Waals surface area contributed by atoms with E-state index in [1.54, 1.807) is 30.3 Å². The number of aromatic nitrogens is 3. The molecule has 6 heteroatoms. The van der Waals surface area contributed by atoms with Gasteiger partial charge in [-0.15, -0.1) is 0 Å². The summed E-state index contributed by atoms with van der Waals surface area (Å²) < 4.78 is 7.49. The second-order valence-electron chi connectivity index (χ2n) is 8.23. The first-order valence-corrected chi connectivity index (χ1v) is 11.1. The molecular weight excluding hydrogens is 410 g/mol. The molecule has 5 rings (SSSR count). The van der Waals surface area contributed by atoms with Gasteiger partial charge < -0.3 is 4.74 Å². The van der Waals surface area contributed by atoms with Crippen molar-refractivity contribution in [1.82, 2.24) is 14.5 Å². The van der Waals surface area contributed by atoms with Crippen LogP contribution in [0.15, 0.2) is 59.8 Å². The zero-order valence-electron chi connectivity index (χ0n) is 17.4. The van der Waals surface area contributed by atoms with Crippen LogP contribution >= 0.6 is 11.6 Å². The molecule has 0 N–H and O–H groups in total. The molecule has 0 amide bonds. The first kappa shape index (κ1) is 20.2. The van der Waals surface area contributed by atoms with E-state index < -0.39 is 0 Å². The molecule has 1 aliphatic rings. The van der Waals surface area contributed by atoms with Gasteiger partial charge >= 0.3 is 0 Å². The van der Waals surface area contributed by atoms with Crippen LogP contribution in [-0.2, 0) is 11.2 Å². The molecule has 1 saturated carbocycles. The molecule has 0 spiro atoms. The third kappa shape index (κ3) is 3.73. The van der Waals surface area contributed by atoms with E-state index in [0.717, 1.165) is 53.1 Å². The fourth-order valence-corrected chi connectivity index (χ4v) is 4.94. The average Bonchev–Trinajstić information content (AvgIpc) is 2.81. The number of rotatable bonds is 4. The molecule has 0 aliphatic heterocycles. The van der Waals surface area contributed by atoms with E-state index in [1.165, 1.54) is 0 Å². The van der Waals surface area contributed by atoms with Crippen LogP contribution in [0.5, 0.6) is 0 Å². The smallest absolute Gasteiger partial charge is 0.261 e. The Labute approximate surface area is 185 Å². The summed E-state index contributed by atoms with van der Waals surface area (Å²) in [4.78, 5) is 22.6. The molecule has 2 aromatic carbocycles. The van der Waals surface area contributed by atoms with Crippen LogP contribution in [0.3, 0.4) is 0 Å². The first-order chi connectivity index (χ1) is 15.2. The van der Waals surface area contributed by atoms with E-state index >= 15 is 0 Å². The molecule has 2 aromatic heterocycles. The standard InChI is InChI=1S/C25H24ClN3O2/c1-31-22-9-5-4-8-21(22)29-15-28-24-19-7-3-2-6-18(19)17(13-20(24)25(29)30)12-16-10-11-23(26)27-14-16/h2-3,6-7,10-11,13-15,21-22H,4-5,8-9,12H2,1H3/t21-,22-/m0/s1. The highest BCUT2D eigenvalue weighted by Gasteiger charge is 2.28. The number of ether oxygens (including phenoxy) is 1. The summed E-state index contributed by atoms with van der Waals surface area (Å²) in [6, 6.07) is 13.9. The molecule has 5 nitrogen and oxygen atoms in total. The van der Waals surface area contributed by atoms with Crippen LogP contribution < -0.4 is 5.56 Å². The number of nitrogens with zero attached hydrogens (tertiary/aromatic N) is 3. The lowest BCUT2D eigenvalue weighted by molar-refractivity contribution is 0.0276. The van der Waals surface area contributed by atoms with Gasteiger partial charge in [-0.25, -0.2) is 9.97 Å². The topological polar surface area (TPSA) is 57.0 Å². The Bertz CT molecular complexity index is 1300. The molecule has 158 valence electrons. The highest BCUT2D eigenvalue weighted by atomic mass is 35.5. The lowest BCUT2D eigenvalue weighted by Gasteiger charge is -2.31. The minimum atomic E-state index is 0.000171. The number of hydrogen-bond donors (Lipinski definition) is 0. The molecule has 0 saturated heterocycles. The van der Waals surface area contributed by atoms with Gasteiger partial charge in [-0.05, 0) is 47.9 Å². The van der Waals surface area contributed by atoms with Gasteiger partial charge in [0.05, 0.1) is 29.4 Å². The van der Waals surface area contributed by atoms with E-state index in [0.29, 0.717) is 17.0 Å². The molecule has 0 bridgehead atoms. The van der Waals surface area contributed by atoms with Crippen molar-refractivity contribution in [2.45, 2.75) is 44.2 Å². The summed E-state index contributed by atoms with van der Waals surface area (Å²) in [6.45, 7) is 0. The summed E-state index contributed by atoms with van der Waals surface area (Å²) in [5, 5.41) is 3.22. The van der Waals surface area contributed by atoms with Crippen LogP contribution in [0.2, 0.25) is 5.15 Å². The Morgan fingerprint density at radius 1 is 1.06 bits per heavy atom. The van der Waals surface area contributed by atoms with Gasteiger partial charge in [0.15, 0.2) is 0 Å². The van der Waals surface area contributed by atoms with Crippen LogP contribution in [0, 0.1) is 0 Å². The van der Waals surface area contributed by atoms with Crippen molar-refractivity contribution >= 4 is 33.3 Å². The molecule has 2 heterocycles. The first-order valence-electron chi connectivity index (χ1n) is 10.7. The van der Waals surface area contributed by atoms with E-state index in [9.17, 15) is 4.79 Å². The summed E-state index contributed by atoms with van der Waals surface area (Å²) in [6.07, 6.45) is 8.34. The lowest BCUT2D eigenvalue weighted by atomic mass is 9.92. The third-order valence-electron chi connectivity index (χ3n) is 6.39. The minimum Gasteiger partial charge on any atom is -0.379 e. The van der Waals surface area contributed by atoms with Crippen molar-refractivity contribution in [3.8, 4) is 0 Å². The molecular formula is C25H24ClN3O2. The summed E-state index contributed by atoms with van der Waals surface area (Å²) >= 11 is 5.95. The Balaban J connectivity index is 1.69. The lowest BCUT2D eigenvalue weighted by Crippen LogP contribution is -2.35. The van der Waals surface area contributed by atoms with Crippen molar-refractivity contribution in [3.63, 3.8) is 0 Å². The second-order valence-corrected chi connectivity index (χ2v) is 8.61. The Kier molecular flexibility index (Phi) is 5.47. The van der Waals surface area contributed by atoms with E-state index in [4.69, 9.17) is 21.3 Å². The predicted octanol–water partition coefficient (Wildman–Crippen LogP) is 5.32. The zero-order valence-corrected chi connectivity index (χ0v) is 18.2. The van der Waals surface area contributed by atoms with Crippen molar-refractivity contribution in [2.75, 3.05) is 7.11 Å². The van der Waals surface area contributed by atoms with Crippen LogP contribution in [0.4, 0.5) is 0 Å². The van der Waals surface area contributed by atoms with Gasteiger partial charge in [0.1, 0.15) is 5.15 Å². The van der Waals surface area contributed by atoms with Gasteiger partial charge in [0, 0.05) is 18.7 Å². The zero-order chi connectivity index (χ0) is 21.4. The average molecular weight is 434 g/mol. The molecule has 0 radical (unpaired) electrons. The van der Waals surface area contributed by atoms with Gasteiger partial charge in [-0.3, -0.25) is 9.36 Å². The van der Waals surface area contributed by atoms with Gasteiger partial charge in [0.2, 0.25) is 0 Å². The summed E-state index contributed by atoms with van der Waals surface area (Å²) in [5.41, 5.74) is 2.88. The molecule has 1 fully saturated rings.